The van der Waals surface area contributed by atoms with Gasteiger partial charge in [-0.25, -0.2) is 4.98 Å². The lowest BCUT2D eigenvalue weighted by molar-refractivity contribution is 0.473. The Balaban J connectivity index is 1.75. The Morgan fingerprint density at radius 3 is 3.15 bits per heavy atom. The minimum atomic E-state index is 0.578. The van der Waals surface area contributed by atoms with E-state index >= 15 is 0 Å². The first-order valence-corrected chi connectivity index (χ1v) is 8.28. The second-order valence-corrected chi connectivity index (χ2v) is 7.06. The Hall–Kier alpha value is -1.13. The van der Waals surface area contributed by atoms with Crippen LogP contribution in [0.5, 0.6) is 0 Å². The van der Waals surface area contributed by atoms with Crippen LogP contribution in [0.4, 0.5) is 0 Å². The van der Waals surface area contributed by atoms with E-state index in [1.54, 1.807) is 12.5 Å². The smallest absolute Gasteiger partial charge is 0.127 e. The number of aromatic nitrogens is 1. The summed E-state index contributed by atoms with van der Waals surface area (Å²) in [6, 6.07) is 2.00. The zero-order valence-electron chi connectivity index (χ0n) is 12.2. The van der Waals surface area contributed by atoms with Crippen LogP contribution in [0.1, 0.15) is 43.2 Å². The average Bonchev–Trinajstić information content (AvgIpc) is 3.07. The number of hydrogen-bond donors (Lipinski definition) is 1. The van der Waals surface area contributed by atoms with Crippen LogP contribution in [0.3, 0.4) is 0 Å². The summed E-state index contributed by atoms with van der Waals surface area (Å²) < 4.78 is 5.17. The monoisotopic (exact) mass is 290 g/mol. The van der Waals surface area contributed by atoms with E-state index in [1.807, 2.05) is 17.4 Å². The van der Waals surface area contributed by atoms with Crippen molar-refractivity contribution in [1.29, 1.82) is 0 Å². The normalized spacial score (nSPS) is 18.4. The molecule has 0 amide bonds. The third-order valence-corrected chi connectivity index (χ3v) is 4.96. The molecule has 108 valence electrons. The van der Waals surface area contributed by atoms with Crippen molar-refractivity contribution in [2.75, 3.05) is 13.1 Å². The van der Waals surface area contributed by atoms with E-state index in [9.17, 15) is 0 Å². The highest BCUT2D eigenvalue weighted by Gasteiger charge is 2.25. The van der Waals surface area contributed by atoms with Crippen LogP contribution in [-0.2, 0) is 6.42 Å². The van der Waals surface area contributed by atoms with Crippen LogP contribution in [0.15, 0.2) is 23.0 Å². The largest absolute Gasteiger partial charge is 0.472 e. The van der Waals surface area contributed by atoms with E-state index in [4.69, 9.17) is 9.40 Å². The molecule has 3 nitrogen and oxygen atoms in total. The summed E-state index contributed by atoms with van der Waals surface area (Å²) in [5.41, 5.74) is 2.44. The van der Waals surface area contributed by atoms with Crippen molar-refractivity contribution < 1.29 is 4.42 Å². The van der Waals surface area contributed by atoms with Gasteiger partial charge in [0.25, 0.3) is 0 Å². The lowest BCUT2D eigenvalue weighted by atomic mass is 9.91. The zero-order valence-corrected chi connectivity index (χ0v) is 13.0. The molecule has 0 aromatic carbocycles. The first-order chi connectivity index (χ1) is 9.74. The number of aryl methyl sites for hydroxylation is 1. The molecule has 0 radical (unpaired) electrons. The lowest BCUT2D eigenvalue weighted by Gasteiger charge is -2.22. The fraction of sp³-hybridized carbons (Fsp3) is 0.562. The van der Waals surface area contributed by atoms with Gasteiger partial charge < -0.3 is 9.73 Å². The van der Waals surface area contributed by atoms with E-state index in [1.165, 1.54) is 29.8 Å². The summed E-state index contributed by atoms with van der Waals surface area (Å²) in [7, 11) is 0. The molecule has 3 rings (SSSR count). The number of rotatable bonds is 5. The standard InChI is InChI=1S/C16H22N2OS/c1-11(2)8-17-9-12-4-3-5-14-15(12)18-16(20-14)13-6-7-19-10-13/h6-7,10-12,17H,3-5,8-9H2,1-2H3. The molecule has 0 aliphatic heterocycles. The van der Waals surface area contributed by atoms with Gasteiger partial charge in [-0.2, -0.15) is 0 Å². The highest BCUT2D eigenvalue weighted by atomic mass is 32.1. The minimum absolute atomic E-state index is 0.578. The van der Waals surface area contributed by atoms with Crippen LogP contribution in [-0.4, -0.2) is 18.1 Å². The molecule has 1 aliphatic rings. The number of fused-ring (bicyclic) bond motifs is 1. The lowest BCUT2D eigenvalue weighted by Crippen LogP contribution is -2.27. The molecule has 20 heavy (non-hydrogen) atoms. The van der Waals surface area contributed by atoms with Gasteiger partial charge in [-0.3, -0.25) is 0 Å². The summed E-state index contributed by atoms with van der Waals surface area (Å²) in [6.45, 7) is 6.64. The highest BCUT2D eigenvalue weighted by molar-refractivity contribution is 7.15. The van der Waals surface area contributed by atoms with Crippen molar-refractivity contribution in [3.8, 4) is 10.6 Å². The van der Waals surface area contributed by atoms with E-state index in [-0.39, 0.29) is 0 Å². The Morgan fingerprint density at radius 2 is 2.40 bits per heavy atom. The van der Waals surface area contributed by atoms with Crippen LogP contribution < -0.4 is 5.32 Å². The average molecular weight is 290 g/mol. The molecular formula is C16H22N2OS. The highest BCUT2D eigenvalue weighted by Crippen LogP contribution is 2.38. The van der Waals surface area contributed by atoms with Gasteiger partial charge in [0.05, 0.1) is 12.0 Å². The van der Waals surface area contributed by atoms with Crippen LogP contribution >= 0.6 is 11.3 Å². The van der Waals surface area contributed by atoms with Gasteiger partial charge >= 0.3 is 0 Å². The van der Waals surface area contributed by atoms with Crippen molar-refractivity contribution in [2.24, 2.45) is 5.92 Å². The molecule has 4 heteroatoms. The van der Waals surface area contributed by atoms with Gasteiger partial charge in [-0.15, -0.1) is 11.3 Å². The molecule has 2 aromatic rings. The van der Waals surface area contributed by atoms with Gasteiger partial charge in [-0.1, -0.05) is 13.8 Å². The van der Waals surface area contributed by atoms with E-state index < -0.39 is 0 Å². The maximum Gasteiger partial charge on any atom is 0.127 e. The molecular weight excluding hydrogens is 268 g/mol. The number of thiazole rings is 1. The third kappa shape index (κ3) is 2.96. The maximum absolute atomic E-state index is 5.17. The minimum Gasteiger partial charge on any atom is -0.472 e. The van der Waals surface area contributed by atoms with Crippen molar-refractivity contribution in [3.63, 3.8) is 0 Å². The summed E-state index contributed by atoms with van der Waals surface area (Å²) in [5.74, 6) is 1.28. The van der Waals surface area contributed by atoms with E-state index in [2.05, 4.69) is 19.2 Å². The molecule has 2 heterocycles. The Morgan fingerprint density at radius 1 is 1.50 bits per heavy atom. The van der Waals surface area contributed by atoms with E-state index in [0.717, 1.165) is 23.7 Å². The van der Waals surface area contributed by atoms with Gasteiger partial charge in [0.15, 0.2) is 0 Å². The van der Waals surface area contributed by atoms with Crippen LogP contribution in [0, 0.1) is 5.92 Å². The molecule has 0 saturated heterocycles. The van der Waals surface area contributed by atoms with Crippen LogP contribution in [0.25, 0.3) is 10.6 Å². The molecule has 2 aromatic heterocycles. The fourth-order valence-electron chi connectivity index (χ4n) is 2.76. The topological polar surface area (TPSA) is 38.1 Å². The molecule has 1 N–H and O–H groups in total. The van der Waals surface area contributed by atoms with Crippen LogP contribution in [0.2, 0.25) is 0 Å². The first kappa shape index (κ1) is 13.8. The molecule has 0 bridgehead atoms. The molecule has 0 saturated carbocycles. The zero-order chi connectivity index (χ0) is 13.9. The molecule has 0 fully saturated rings. The molecule has 1 atom stereocenters. The SMILES string of the molecule is CC(C)CNCC1CCCc2sc(-c3ccoc3)nc21. The van der Waals surface area contributed by atoms with Crippen molar-refractivity contribution in [3.05, 3.63) is 29.2 Å². The van der Waals surface area contributed by atoms with Gasteiger partial charge in [0.2, 0.25) is 0 Å². The summed E-state index contributed by atoms with van der Waals surface area (Å²) in [4.78, 5) is 6.37. The van der Waals surface area contributed by atoms with Crippen molar-refractivity contribution in [2.45, 2.75) is 39.0 Å². The van der Waals surface area contributed by atoms with E-state index in [0.29, 0.717) is 11.8 Å². The summed E-state index contributed by atoms with van der Waals surface area (Å²) in [6.07, 6.45) is 7.24. The van der Waals surface area contributed by atoms with Gasteiger partial charge in [0.1, 0.15) is 11.3 Å². The van der Waals surface area contributed by atoms with Gasteiger partial charge in [0, 0.05) is 22.9 Å². The quantitative estimate of drug-likeness (QED) is 0.902. The number of hydrogen-bond acceptors (Lipinski definition) is 4. The fourth-order valence-corrected chi connectivity index (χ4v) is 3.94. The van der Waals surface area contributed by atoms with Gasteiger partial charge in [-0.05, 0) is 37.8 Å². The first-order valence-electron chi connectivity index (χ1n) is 7.47. The Kier molecular flexibility index (Phi) is 4.22. The van der Waals surface area contributed by atoms with Crippen molar-refractivity contribution >= 4 is 11.3 Å². The predicted molar refractivity (Wildman–Crippen MR) is 83.2 cm³/mol. The van der Waals surface area contributed by atoms with Crippen molar-refractivity contribution in [1.82, 2.24) is 10.3 Å². The predicted octanol–water partition coefficient (Wildman–Crippen LogP) is 4.07. The maximum atomic E-state index is 5.17. The molecule has 1 unspecified atom stereocenters. The Labute approximate surface area is 124 Å². The summed E-state index contributed by atoms with van der Waals surface area (Å²) in [5, 5.41) is 4.70. The second kappa shape index (κ2) is 6.10. The number of furan rings is 1. The summed E-state index contributed by atoms with van der Waals surface area (Å²) >= 11 is 1.84. The molecule has 1 aliphatic carbocycles. The number of nitrogens with zero attached hydrogens (tertiary/aromatic N) is 1. The number of nitrogens with one attached hydrogen (secondary N) is 1. The molecule has 0 spiro atoms. The Bertz CT molecular complexity index is 545. The third-order valence-electron chi connectivity index (χ3n) is 3.78. The second-order valence-electron chi connectivity index (χ2n) is 5.98.